The fourth-order valence-corrected chi connectivity index (χ4v) is 2.84. The van der Waals surface area contributed by atoms with E-state index in [2.05, 4.69) is 41.9 Å². The van der Waals surface area contributed by atoms with Gasteiger partial charge in [-0.15, -0.1) is 5.26 Å². The van der Waals surface area contributed by atoms with Crippen molar-refractivity contribution in [2.45, 2.75) is 19.3 Å². The molecule has 2 rings (SSSR count). The predicted octanol–water partition coefficient (Wildman–Crippen LogP) is 2.41. The summed E-state index contributed by atoms with van der Waals surface area (Å²) < 4.78 is 2.18. The summed E-state index contributed by atoms with van der Waals surface area (Å²) in [5.41, 5.74) is 2.66. The Morgan fingerprint density at radius 3 is 2.82 bits per heavy atom. The van der Waals surface area contributed by atoms with E-state index in [0.29, 0.717) is 0 Å². The number of nitriles is 1. The molecule has 0 unspecified atom stereocenters. The van der Waals surface area contributed by atoms with Crippen molar-refractivity contribution in [2.24, 2.45) is 0 Å². The zero-order valence-electron chi connectivity index (χ0n) is 10.3. The van der Waals surface area contributed by atoms with E-state index < -0.39 is 0 Å². The molecule has 17 heavy (non-hydrogen) atoms. The molecule has 4 heteroatoms. The average molecular weight is 246 g/mol. The number of fused-ring (bicyclic) bond motifs is 1. The summed E-state index contributed by atoms with van der Waals surface area (Å²) in [6, 6.07) is 8.39. The number of hydrogen-bond acceptors (Lipinski definition) is 2. The van der Waals surface area contributed by atoms with Crippen LogP contribution in [0.3, 0.4) is 0 Å². The van der Waals surface area contributed by atoms with Crippen molar-refractivity contribution in [1.29, 1.82) is 5.26 Å². The predicted molar refractivity (Wildman–Crippen MR) is 71.5 cm³/mol. The first kappa shape index (κ1) is 12.0. The SMILES string of the molecule is CSC(NC#N)=[N+]1CC(C)(C)c2ccccc21. The molecule has 0 amide bonds. The van der Waals surface area contributed by atoms with Crippen LogP contribution in [0.2, 0.25) is 0 Å². The molecule has 1 aromatic carbocycles. The minimum absolute atomic E-state index is 0.120. The van der Waals surface area contributed by atoms with Crippen LogP contribution in [0.25, 0.3) is 0 Å². The smallest absolute Gasteiger partial charge is 0.220 e. The molecule has 0 radical (unpaired) electrons. The summed E-state index contributed by atoms with van der Waals surface area (Å²) in [6.07, 6.45) is 3.98. The third kappa shape index (κ3) is 2.03. The Balaban J connectivity index is 2.59. The quantitative estimate of drug-likeness (QED) is 0.331. The fraction of sp³-hybridized carbons (Fsp3) is 0.385. The number of para-hydroxylation sites is 1. The van der Waals surface area contributed by atoms with Crippen molar-refractivity contribution in [3.8, 4) is 6.19 Å². The third-order valence-corrected chi connectivity index (χ3v) is 3.79. The number of nitrogens with one attached hydrogen (secondary N) is 1. The normalized spacial score (nSPS) is 19.4. The lowest BCUT2D eigenvalue weighted by atomic mass is 9.87. The number of amidine groups is 1. The second kappa shape index (κ2) is 4.42. The Kier molecular flexibility index (Phi) is 3.12. The molecule has 0 spiro atoms. The second-order valence-electron chi connectivity index (χ2n) is 4.73. The van der Waals surface area contributed by atoms with Crippen LogP contribution < -0.4 is 5.32 Å². The molecule has 0 saturated heterocycles. The van der Waals surface area contributed by atoms with E-state index in [1.807, 2.05) is 18.5 Å². The van der Waals surface area contributed by atoms with Gasteiger partial charge in [0.1, 0.15) is 12.2 Å². The fourth-order valence-electron chi connectivity index (χ4n) is 2.30. The van der Waals surface area contributed by atoms with E-state index in [1.165, 1.54) is 11.3 Å². The van der Waals surface area contributed by atoms with Crippen LogP contribution >= 0.6 is 11.8 Å². The van der Waals surface area contributed by atoms with Crippen LogP contribution in [0.4, 0.5) is 5.69 Å². The molecule has 0 aliphatic carbocycles. The first-order valence-corrected chi connectivity index (χ1v) is 6.76. The monoisotopic (exact) mass is 246 g/mol. The molecule has 1 aliphatic rings. The van der Waals surface area contributed by atoms with Gasteiger partial charge in [0.15, 0.2) is 0 Å². The van der Waals surface area contributed by atoms with Gasteiger partial charge in [0.2, 0.25) is 0 Å². The molecule has 0 fully saturated rings. The molecule has 1 heterocycles. The van der Waals surface area contributed by atoms with Crippen molar-refractivity contribution in [3.05, 3.63) is 29.8 Å². The highest BCUT2D eigenvalue weighted by Gasteiger charge is 2.38. The number of nitrogens with zero attached hydrogens (tertiary/aromatic N) is 2. The van der Waals surface area contributed by atoms with Crippen LogP contribution in [0.1, 0.15) is 19.4 Å². The first-order valence-electron chi connectivity index (χ1n) is 5.53. The van der Waals surface area contributed by atoms with Crippen molar-refractivity contribution in [2.75, 3.05) is 12.8 Å². The number of benzene rings is 1. The van der Waals surface area contributed by atoms with Crippen LogP contribution in [-0.2, 0) is 5.41 Å². The third-order valence-electron chi connectivity index (χ3n) is 3.08. The number of thioether (sulfide) groups is 1. The zero-order valence-corrected chi connectivity index (χ0v) is 11.1. The Hall–Kier alpha value is -1.47. The molecule has 0 bridgehead atoms. The summed E-state index contributed by atoms with van der Waals surface area (Å²) in [5.74, 6) is 0. The molecule has 1 aliphatic heterocycles. The van der Waals surface area contributed by atoms with Gasteiger partial charge in [0, 0.05) is 11.0 Å². The molecular weight excluding hydrogens is 230 g/mol. The zero-order chi connectivity index (χ0) is 12.5. The highest BCUT2D eigenvalue weighted by molar-refractivity contribution is 8.13. The largest absolute Gasteiger partial charge is 0.325 e. The van der Waals surface area contributed by atoms with Gasteiger partial charge in [-0.2, -0.15) is 5.32 Å². The lowest BCUT2D eigenvalue weighted by molar-refractivity contribution is -0.436. The molecule has 3 nitrogen and oxygen atoms in total. The van der Waals surface area contributed by atoms with Gasteiger partial charge >= 0.3 is 5.17 Å². The van der Waals surface area contributed by atoms with E-state index in [-0.39, 0.29) is 5.41 Å². The van der Waals surface area contributed by atoms with Crippen molar-refractivity contribution in [1.82, 2.24) is 5.32 Å². The molecule has 88 valence electrons. The standard InChI is InChI=1S/C13H15N3S/c1-13(2)8-16(12(17-3)15-9-14)11-7-5-4-6-10(11)13/h4-7H,8H2,1-3H3/p+1. The maximum atomic E-state index is 8.78. The highest BCUT2D eigenvalue weighted by atomic mass is 32.2. The topological polar surface area (TPSA) is 38.8 Å². The molecule has 0 atom stereocenters. The van der Waals surface area contributed by atoms with Gasteiger partial charge in [-0.05, 0) is 24.1 Å². The van der Waals surface area contributed by atoms with Gasteiger partial charge < -0.3 is 0 Å². The van der Waals surface area contributed by atoms with Gasteiger partial charge in [0.25, 0.3) is 6.19 Å². The van der Waals surface area contributed by atoms with Gasteiger partial charge in [-0.1, -0.05) is 32.0 Å². The summed E-state index contributed by atoms with van der Waals surface area (Å²) in [6.45, 7) is 5.36. The van der Waals surface area contributed by atoms with Crippen LogP contribution in [0.15, 0.2) is 24.3 Å². The van der Waals surface area contributed by atoms with Crippen LogP contribution in [0.5, 0.6) is 0 Å². The molecule has 0 saturated carbocycles. The molecular formula is C13H16N3S+. The van der Waals surface area contributed by atoms with E-state index in [9.17, 15) is 0 Å². The van der Waals surface area contributed by atoms with Crippen molar-refractivity contribution >= 4 is 22.6 Å². The van der Waals surface area contributed by atoms with E-state index >= 15 is 0 Å². The Labute approximate surface area is 106 Å². The van der Waals surface area contributed by atoms with Crippen LogP contribution in [-0.4, -0.2) is 22.5 Å². The van der Waals surface area contributed by atoms with E-state index in [0.717, 1.165) is 11.7 Å². The Bertz CT molecular complexity index is 512. The lowest BCUT2D eigenvalue weighted by Gasteiger charge is -2.14. The number of hydrogen-bond donors (Lipinski definition) is 1. The second-order valence-corrected chi connectivity index (χ2v) is 5.53. The van der Waals surface area contributed by atoms with E-state index in [4.69, 9.17) is 5.26 Å². The highest BCUT2D eigenvalue weighted by Crippen LogP contribution is 2.39. The van der Waals surface area contributed by atoms with E-state index in [1.54, 1.807) is 11.8 Å². The van der Waals surface area contributed by atoms with Crippen molar-refractivity contribution in [3.63, 3.8) is 0 Å². The minimum atomic E-state index is 0.120. The lowest BCUT2D eigenvalue weighted by Crippen LogP contribution is -2.28. The first-order chi connectivity index (χ1) is 8.10. The maximum Gasteiger partial charge on any atom is 0.325 e. The summed E-state index contributed by atoms with van der Waals surface area (Å²) in [7, 11) is 0. The average Bonchev–Trinajstić information content (AvgIpc) is 2.59. The Morgan fingerprint density at radius 1 is 1.47 bits per heavy atom. The summed E-state index contributed by atoms with van der Waals surface area (Å²) >= 11 is 1.57. The maximum absolute atomic E-state index is 8.78. The molecule has 1 N–H and O–H groups in total. The Morgan fingerprint density at radius 2 is 2.18 bits per heavy atom. The van der Waals surface area contributed by atoms with Gasteiger partial charge in [-0.25, -0.2) is 4.58 Å². The van der Waals surface area contributed by atoms with Gasteiger partial charge in [0.05, 0.1) is 0 Å². The van der Waals surface area contributed by atoms with Crippen molar-refractivity contribution < 1.29 is 4.58 Å². The summed E-state index contributed by atoms with van der Waals surface area (Å²) in [5, 5.41) is 12.4. The number of rotatable bonds is 0. The summed E-state index contributed by atoms with van der Waals surface area (Å²) in [4.78, 5) is 0. The minimum Gasteiger partial charge on any atom is -0.220 e. The van der Waals surface area contributed by atoms with Crippen LogP contribution in [0, 0.1) is 11.5 Å². The molecule has 1 aromatic rings. The van der Waals surface area contributed by atoms with Gasteiger partial charge in [-0.3, -0.25) is 0 Å². The molecule has 0 aromatic heterocycles.